The van der Waals surface area contributed by atoms with Gasteiger partial charge in [0.2, 0.25) is 11.9 Å². The minimum absolute atomic E-state index is 0.00995. The van der Waals surface area contributed by atoms with Gasteiger partial charge in [-0.1, -0.05) is 6.92 Å². The van der Waals surface area contributed by atoms with Crippen molar-refractivity contribution in [2.45, 2.75) is 64.8 Å². The van der Waals surface area contributed by atoms with E-state index in [1.165, 1.54) is 4.68 Å². The van der Waals surface area contributed by atoms with Gasteiger partial charge >= 0.3 is 7.12 Å². The van der Waals surface area contributed by atoms with Crippen molar-refractivity contribution in [2.75, 3.05) is 6.54 Å². The maximum atomic E-state index is 14.8. The van der Waals surface area contributed by atoms with Crippen molar-refractivity contribution in [3.63, 3.8) is 0 Å². The Morgan fingerprint density at radius 3 is 2.73 bits per heavy atom. The van der Waals surface area contributed by atoms with Crippen molar-refractivity contribution in [2.24, 2.45) is 13.0 Å². The third-order valence-corrected chi connectivity index (χ3v) is 6.83. The van der Waals surface area contributed by atoms with Gasteiger partial charge in [0.15, 0.2) is 0 Å². The van der Waals surface area contributed by atoms with Gasteiger partial charge in [-0.15, -0.1) is 0 Å². The molecule has 162 valence electrons. The first-order valence-electron chi connectivity index (χ1n) is 10.5. The number of aromatic nitrogens is 2. The lowest BCUT2D eigenvalue weighted by molar-refractivity contribution is -0.119. The molecular weight excluding hydrogens is 388 g/mol. The summed E-state index contributed by atoms with van der Waals surface area (Å²) in [4.78, 5) is 11.6. The highest BCUT2D eigenvalue weighted by Gasteiger charge is 2.53. The second-order valence-corrected chi connectivity index (χ2v) is 9.08. The standard InChI is InChI=1S/C21H29BFN3O4/c1-7-21(5)20(3,4)29-22(30-21)14-9-15-18(19(23)26(6)25-15)16(10-14)28-12(2)13-8-17(27)24-11-13/h9-10,12-13H,7-8,11H2,1-6H3,(H,24,27)/t12-,13-,21?/m1/s1. The molecule has 2 fully saturated rings. The second-order valence-electron chi connectivity index (χ2n) is 9.08. The molecule has 3 heterocycles. The Kier molecular flexibility index (Phi) is 5.09. The summed E-state index contributed by atoms with van der Waals surface area (Å²) in [5, 5.41) is 7.44. The van der Waals surface area contributed by atoms with E-state index in [0.717, 1.165) is 11.9 Å². The first-order valence-corrected chi connectivity index (χ1v) is 10.5. The molecule has 0 saturated carbocycles. The summed E-state index contributed by atoms with van der Waals surface area (Å²) in [5.74, 6) is -0.0469. The highest BCUT2D eigenvalue weighted by atomic mass is 19.1. The highest BCUT2D eigenvalue weighted by molar-refractivity contribution is 6.62. The number of rotatable bonds is 5. The first-order chi connectivity index (χ1) is 14.0. The molecule has 1 aromatic carbocycles. The fraction of sp³-hybridized carbons (Fsp3) is 0.619. The molecule has 4 rings (SSSR count). The lowest BCUT2D eigenvalue weighted by Gasteiger charge is -2.35. The van der Waals surface area contributed by atoms with Crippen LogP contribution in [-0.4, -0.2) is 46.7 Å². The molecule has 2 aliphatic heterocycles. The second kappa shape index (κ2) is 7.23. The maximum Gasteiger partial charge on any atom is 0.495 e. The van der Waals surface area contributed by atoms with Crippen molar-refractivity contribution < 1.29 is 23.2 Å². The summed E-state index contributed by atoms with van der Waals surface area (Å²) in [6.07, 6.45) is 0.919. The molecular formula is C21H29BFN3O4. The van der Waals surface area contributed by atoms with Crippen LogP contribution in [0.25, 0.3) is 10.9 Å². The van der Waals surface area contributed by atoms with E-state index in [-0.39, 0.29) is 17.9 Å². The van der Waals surface area contributed by atoms with Crippen LogP contribution in [0.2, 0.25) is 0 Å². The number of aryl methyl sites for hydroxylation is 1. The van der Waals surface area contributed by atoms with Gasteiger partial charge in [0.05, 0.1) is 22.1 Å². The van der Waals surface area contributed by atoms with E-state index in [0.29, 0.717) is 29.6 Å². The Morgan fingerprint density at radius 1 is 1.40 bits per heavy atom. The van der Waals surface area contributed by atoms with Gasteiger partial charge < -0.3 is 19.4 Å². The first kappa shape index (κ1) is 21.1. The van der Waals surface area contributed by atoms with E-state index in [4.69, 9.17) is 14.0 Å². The van der Waals surface area contributed by atoms with Gasteiger partial charge in [-0.05, 0) is 51.7 Å². The lowest BCUT2D eigenvalue weighted by Crippen LogP contribution is -2.44. The largest absolute Gasteiger partial charge is 0.495 e. The molecule has 0 radical (unpaired) electrons. The van der Waals surface area contributed by atoms with E-state index < -0.39 is 24.3 Å². The van der Waals surface area contributed by atoms with Crippen molar-refractivity contribution in [3.05, 3.63) is 18.1 Å². The highest BCUT2D eigenvalue weighted by Crippen LogP contribution is 2.40. The third kappa shape index (κ3) is 3.38. The fourth-order valence-electron chi connectivity index (χ4n) is 4.20. The number of hydrogen-bond acceptors (Lipinski definition) is 5. The quantitative estimate of drug-likeness (QED) is 0.756. The van der Waals surface area contributed by atoms with Crippen LogP contribution < -0.4 is 15.5 Å². The molecule has 9 heteroatoms. The Bertz CT molecular complexity index is 994. The number of nitrogens with zero attached hydrogens (tertiary/aromatic N) is 2. The lowest BCUT2D eigenvalue weighted by atomic mass is 9.78. The normalized spacial score (nSPS) is 27.0. The summed E-state index contributed by atoms with van der Waals surface area (Å²) in [6.45, 7) is 10.6. The average Bonchev–Trinajstić information content (AvgIpc) is 3.31. The minimum atomic E-state index is -0.605. The summed E-state index contributed by atoms with van der Waals surface area (Å²) in [6, 6.07) is 3.56. The summed E-state index contributed by atoms with van der Waals surface area (Å²) in [5.41, 5.74) is 0.270. The van der Waals surface area contributed by atoms with Gasteiger partial charge in [0.25, 0.3) is 0 Å². The van der Waals surface area contributed by atoms with Crippen LogP contribution in [0.5, 0.6) is 5.75 Å². The molecule has 1 N–H and O–H groups in total. The number of carbonyl (C=O) groups excluding carboxylic acids is 1. The van der Waals surface area contributed by atoms with Crippen LogP contribution in [0.1, 0.15) is 47.5 Å². The van der Waals surface area contributed by atoms with Crippen molar-refractivity contribution >= 4 is 29.4 Å². The molecule has 0 spiro atoms. The van der Waals surface area contributed by atoms with Crippen LogP contribution in [0, 0.1) is 11.9 Å². The monoisotopic (exact) mass is 417 g/mol. The predicted molar refractivity (Wildman–Crippen MR) is 112 cm³/mol. The molecule has 2 saturated heterocycles. The Labute approximate surface area is 176 Å². The van der Waals surface area contributed by atoms with Crippen LogP contribution >= 0.6 is 0 Å². The molecule has 7 nitrogen and oxygen atoms in total. The van der Waals surface area contributed by atoms with E-state index in [1.807, 2.05) is 27.7 Å². The average molecular weight is 417 g/mol. The van der Waals surface area contributed by atoms with E-state index in [9.17, 15) is 9.18 Å². The van der Waals surface area contributed by atoms with Crippen molar-refractivity contribution in [1.29, 1.82) is 0 Å². The number of nitrogens with one attached hydrogen (secondary N) is 1. The Balaban J connectivity index is 1.72. The zero-order valence-corrected chi connectivity index (χ0v) is 18.4. The van der Waals surface area contributed by atoms with Crippen LogP contribution in [0.15, 0.2) is 12.1 Å². The number of carbonyl (C=O) groups is 1. The minimum Gasteiger partial charge on any atom is -0.489 e. The number of halogens is 1. The van der Waals surface area contributed by atoms with Gasteiger partial charge in [0, 0.05) is 25.9 Å². The van der Waals surface area contributed by atoms with Crippen LogP contribution in [0.3, 0.4) is 0 Å². The predicted octanol–water partition coefficient (Wildman–Crippen LogP) is 2.31. The van der Waals surface area contributed by atoms with Gasteiger partial charge in [0.1, 0.15) is 11.9 Å². The third-order valence-electron chi connectivity index (χ3n) is 6.83. The fourth-order valence-corrected chi connectivity index (χ4v) is 4.20. The zero-order valence-electron chi connectivity index (χ0n) is 18.4. The molecule has 3 atom stereocenters. The van der Waals surface area contributed by atoms with Crippen LogP contribution in [-0.2, 0) is 21.2 Å². The maximum absolute atomic E-state index is 14.8. The smallest absolute Gasteiger partial charge is 0.489 e. The molecule has 0 aliphatic carbocycles. The molecule has 2 aromatic rings. The number of hydrogen-bond donors (Lipinski definition) is 1. The van der Waals surface area contributed by atoms with E-state index in [2.05, 4.69) is 17.3 Å². The van der Waals surface area contributed by atoms with E-state index in [1.54, 1.807) is 19.2 Å². The van der Waals surface area contributed by atoms with Crippen molar-refractivity contribution in [3.8, 4) is 5.75 Å². The summed E-state index contributed by atoms with van der Waals surface area (Å²) < 4.78 is 34.7. The molecule has 30 heavy (non-hydrogen) atoms. The topological polar surface area (TPSA) is 74.6 Å². The van der Waals surface area contributed by atoms with Gasteiger partial charge in [-0.25, -0.2) is 4.68 Å². The molecule has 2 aliphatic rings. The SMILES string of the molecule is CCC1(C)OB(c2cc(O[C@H](C)[C@H]3CNC(=O)C3)c3c(F)n(C)nc3c2)OC1(C)C. The Morgan fingerprint density at radius 2 is 2.13 bits per heavy atom. The summed E-state index contributed by atoms with van der Waals surface area (Å²) >= 11 is 0. The molecule has 1 aromatic heterocycles. The van der Waals surface area contributed by atoms with Crippen molar-refractivity contribution in [1.82, 2.24) is 15.1 Å². The number of amides is 1. The molecule has 0 bridgehead atoms. The molecule has 1 unspecified atom stereocenters. The number of ether oxygens (including phenoxy) is 1. The number of benzene rings is 1. The Hall–Kier alpha value is -2.13. The van der Waals surface area contributed by atoms with Gasteiger partial charge in [-0.2, -0.15) is 9.49 Å². The van der Waals surface area contributed by atoms with E-state index >= 15 is 0 Å². The summed E-state index contributed by atoms with van der Waals surface area (Å²) in [7, 11) is 0.952. The zero-order chi connectivity index (χ0) is 21.8. The van der Waals surface area contributed by atoms with Crippen LogP contribution in [0.4, 0.5) is 4.39 Å². The number of fused-ring (bicyclic) bond motifs is 1. The molecule has 1 amide bonds. The van der Waals surface area contributed by atoms with Gasteiger partial charge in [-0.3, -0.25) is 4.79 Å².